The molecule has 0 unspecified atom stereocenters. The zero-order valence-electron chi connectivity index (χ0n) is 11.8. The average Bonchev–Trinajstić information content (AvgIpc) is 2.64. The minimum Gasteiger partial charge on any atom is -0.395 e. The monoisotopic (exact) mass is 303 g/mol. The van der Waals surface area contributed by atoms with Crippen molar-refractivity contribution in [2.75, 3.05) is 45.1 Å². The first-order valence-electron chi connectivity index (χ1n) is 6.50. The second kappa shape index (κ2) is 5.68. The van der Waals surface area contributed by atoms with Gasteiger partial charge in [0.25, 0.3) is 0 Å². The molecular weight excluding hydrogens is 282 g/mol. The highest BCUT2D eigenvalue weighted by Gasteiger charge is 2.33. The van der Waals surface area contributed by atoms with E-state index in [2.05, 4.69) is 5.10 Å². The van der Waals surface area contributed by atoms with E-state index >= 15 is 0 Å². The lowest BCUT2D eigenvalue weighted by atomic mass is 10.4. The molecule has 9 heteroatoms. The number of anilines is 1. The van der Waals surface area contributed by atoms with Crippen LogP contribution in [-0.4, -0.2) is 71.8 Å². The van der Waals surface area contributed by atoms with Crippen molar-refractivity contribution in [3.63, 3.8) is 0 Å². The molecule has 3 N–H and O–H groups in total. The summed E-state index contributed by atoms with van der Waals surface area (Å²) in [5, 5.41) is 12.9. The van der Waals surface area contributed by atoms with Gasteiger partial charge in [0, 0.05) is 39.8 Å². The number of nitrogen functional groups attached to an aromatic ring is 1. The van der Waals surface area contributed by atoms with Crippen LogP contribution in [0.2, 0.25) is 0 Å². The Morgan fingerprint density at radius 1 is 1.30 bits per heavy atom. The largest absolute Gasteiger partial charge is 0.395 e. The van der Waals surface area contributed by atoms with Crippen LogP contribution in [0.5, 0.6) is 0 Å². The third-order valence-corrected chi connectivity index (χ3v) is 5.72. The van der Waals surface area contributed by atoms with Gasteiger partial charge in [-0.25, -0.2) is 8.42 Å². The molecule has 114 valence electrons. The number of aliphatic hydroxyl groups is 1. The lowest BCUT2D eigenvalue weighted by Gasteiger charge is -2.33. The van der Waals surface area contributed by atoms with E-state index in [9.17, 15) is 8.42 Å². The van der Waals surface area contributed by atoms with Crippen LogP contribution in [0.1, 0.15) is 5.69 Å². The number of rotatable bonds is 4. The Balaban J connectivity index is 2.20. The quantitative estimate of drug-likeness (QED) is 0.709. The Kier molecular flexibility index (Phi) is 4.33. The second-order valence-corrected chi connectivity index (χ2v) is 6.77. The standard InChI is InChI=1S/C11H21N5O3S/c1-9-10(11(12)13-14(9)2)20(18,19)16-5-3-15(4-6-16)7-8-17/h17H,3-8H2,1-2H3,(H2,12,13). The van der Waals surface area contributed by atoms with E-state index in [0.717, 1.165) is 0 Å². The number of aryl methyl sites for hydroxylation is 1. The van der Waals surface area contributed by atoms with Gasteiger partial charge in [-0.15, -0.1) is 0 Å². The molecule has 1 fully saturated rings. The van der Waals surface area contributed by atoms with Gasteiger partial charge in [0.15, 0.2) is 5.82 Å². The van der Waals surface area contributed by atoms with E-state index in [1.807, 2.05) is 4.90 Å². The summed E-state index contributed by atoms with van der Waals surface area (Å²) in [5.74, 6) is 0.0442. The molecule has 1 aliphatic heterocycles. The van der Waals surface area contributed by atoms with E-state index in [1.165, 1.54) is 8.99 Å². The molecule has 0 radical (unpaired) electrons. The first-order chi connectivity index (χ1) is 9.37. The maximum Gasteiger partial charge on any atom is 0.248 e. The highest BCUT2D eigenvalue weighted by atomic mass is 32.2. The van der Waals surface area contributed by atoms with E-state index in [4.69, 9.17) is 10.8 Å². The molecule has 8 nitrogen and oxygen atoms in total. The van der Waals surface area contributed by atoms with E-state index < -0.39 is 10.0 Å². The molecule has 0 aromatic carbocycles. The van der Waals surface area contributed by atoms with Gasteiger partial charge in [-0.3, -0.25) is 9.58 Å². The first-order valence-corrected chi connectivity index (χ1v) is 7.94. The van der Waals surface area contributed by atoms with Gasteiger partial charge in [0.2, 0.25) is 10.0 Å². The van der Waals surface area contributed by atoms with Crippen molar-refractivity contribution in [2.24, 2.45) is 7.05 Å². The Morgan fingerprint density at radius 3 is 2.35 bits per heavy atom. The molecule has 1 aromatic heterocycles. The van der Waals surface area contributed by atoms with E-state index in [0.29, 0.717) is 38.4 Å². The van der Waals surface area contributed by atoms with Crippen LogP contribution in [0.3, 0.4) is 0 Å². The van der Waals surface area contributed by atoms with Crippen molar-refractivity contribution in [3.05, 3.63) is 5.69 Å². The summed E-state index contributed by atoms with van der Waals surface area (Å²) in [6.45, 7) is 4.37. The van der Waals surface area contributed by atoms with Crippen molar-refractivity contribution in [3.8, 4) is 0 Å². The van der Waals surface area contributed by atoms with E-state index in [1.54, 1.807) is 14.0 Å². The summed E-state index contributed by atoms with van der Waals surface area (Å²) in [5.41, 5.74) is 6.27. The van der Waals surface area contributed by atoms with Crippen LogP contribution >= 0.6 is 0 Å². The van der Waals surface area contributed by atoms with Crippen LogP contribution in [-0.2, 0) is 17.1 Å². The number of sulfonamides is 1. The molecule has 2 heterocycles. The lowest BCUT2D eigenvalue weighted by molar-refractivity contribution is 0.151. The second-order valence-electron chi connectivity index (χ2n) is 4.89. The van der Waals surface area contributed by atoms with Crippen molar-refractivity contribution in [1.29, 1.82) is 0 Å². The molecule has 0 atom stereocenters. The molecule has 0 saturated carbocycles. The molecule has 0 aliphatic carbocycles. The number of hydrogen-bond donors (Lipinski definition) is 2. The summed E-state index contributed by atoms with van der Waals surface area (Å²) < 4.78 is 28.2. The highest BCUT2D eigenvalue weighted by molar-refractivity contribution is 7.89. The number of nitrogens with two attached hydrogens (primary N) is 1. The summed E-state index contributed by atoms with van der Waals surface area (Å²) in [7, 11) is -1.93. The fourth-order valence-electron chi connectivity index (χ4n) is 2.40. The predicted octanol–water partition coefficient (Wildman–Crippen LogP) is -1.39. The minimum absolute atomic E-state index is 0.0442. The van der Waals surface area contributed by atoms with Crippen molar-refractivity contribution in [2.45, 2.75) is 11.8 Å². The molecule has 2 rings (SSSR count). The van der Waals surface area contributed by atoms with Crippen LogP contribution in [0.4, 0.5) is 5.82 Å². The number of hydrogen-bond acceptors (Lipinski definition) is 6. The average molecular weight is 303 g/mol. The Morgan fingerprint density at radius 2 is 1.90 bits per heavy atom. The number of aromatic nitrogens is 2. The van der Waals surface area contributed by atoms with Crippen molar-refractivity contribution in [1.82, 2.24) is 19.0 Å². The maximum atomic E-state index is 12.6. The first kappa shape index (κ1) is 15.2. The zero-order valence-corrected chi connectivity index (χ0v) is 12.6. The molecule has 0 bridgehead atoms. The number of β-amino-alcohol motifs (C(OH)–C–C–N with tert-alkyl or cyclic N) is 1. The molecule has 0 spiro atoms. The smallest absolute Gasteiger partial charge is 0.248 e. The summed E-state index contributed by atoms with van der Waals surface area (Å²) >= 11 is 0. The number of nitrogens with zero attached hydrogens (tertiary/aromatic N) is 4. The maximum absolute atomic E-state index is 12.6. The van der Waals surface area contributed by atoms with Gasteiger partial charge in [-0.05, 0) is 6.92 Å². The number of aliphatic hydroxyl groups excluding tert-OH is 1. The molecule has 1 saturated heterocycles. The fourth-order valence-corrected chi connectivity index (χ4v) is 4.11. The molecule has 1 aromatic rings. The third kappa shape index (κ3) is 2.66. The molecule has 0 amide bonds. The Hall–Kier alpha value is -1.16. The Bertz CT molecular complexity index is 575. The predicted molar refractivity (Wildman–Crippen MR) is 74.6 cm³/mol. The van der Waals surface area contributed by atoms with Gasteiger partial charge in [0.05, 0.1) is 12.3 Å². The van der Waals surface area contributed by atoms with Gasteiger partial charge in [-0.2, -0.15) is 9.40 Å². The SMILES string of the molecule is Cc1c(S(=O)(=O)N2CCN(CCO)CC2)c(N)nn1C. The van der Waals surface area contributed by atoms with Crippen molar-refractivity contribution >= 4 is 15.8 Å². The summed E-state index contributed by atoms with van der Waals surface area (Å²) in [6, 6.07) is 0. The minimum atomic E-state index is -3.61. The summed E-state index contributed by atoms with van der Waals surface area (Å²) in [4.78, 5) is 2.14. The van der Waals surface area contributed by atoms with Gasteiger partial charge < -0.3 is 10.8 Å². The Labute approximate surface area is 118 Å². The highest BCUT2D eigenvalue weighted by Crippen LogP contribution is 2.25. The molecule has 20 heavy (non-hydrogen) atoms. The summed E-state index contributed by atoms with van der Waals surface area (Å²) in [6.07, 6.45) is 0. The van der Waals surface area contributed by atoms with Crippen LogP contribution < -0.4 is 5.73 Å². The van der Waals surface area contributed by atoms with Gasteiger partial charge in [0.1, 0.15) is 4.90 Å². The van der Waals surface area contributed by atoms with Crippen molar-refractivity contribution < 1.29 is 13.5 Å². The molecular formula is C11H21N5O3S. The zero-order chi connectivity index (χ0) is 14.9. The van der Waals surface area contributed by atoms with Crippen LogP contribution in [0.25, 0.3) is 0 Å². The van der Waals surface area contributed by atoms with Gasteiger partial charge in [-0.1, -0.05) is 0 Å². The number of piperazine rings is 1. The molecule has 1 aliphatic rings. The van der Waals surface area contributed by atoms with Gasteiger partial charge >= 0.3 is 0 Å². The topological polar surface area (TPSA) is 105 Å². The lowest BCUT2D eigenvalue weighted by Crippen LogP contribution is -2.49. The van der Waals surface area contributed by atoms with E-state index in [-0.39, 0.29) is 17.3 Å². The third-order valence-electron chi connectivity index (χ3n) is 3.65. The fraction of sp³-hybridized carbons (Fsp3) is 0.727. The van der Waals surface area contributed by atoms with Crippen LogP contribution in [0, 0.1) is 6.92 Å². The van der Waals surface area contributed by atoms with Crippen LogP contribution in [0.15, 0.2) is 4.90 Å². The normalized spacial score (nSPS) is 18.6.